The second kappa shape index (κ2) is 15.2. The molecule has 0 aliphatic rings. The van der Waals surface area contributed by atoms with E-state index in [-0.39, 0.29) is 12.3 Å². The van der Waals surface area contributed by atoms with Gasteiger partial charge in [-0.1, -0.05) is 44.2 Å². The highest BCUT2D eigenvalue weighted by Crippen LogP contribution is 2.08. The second-order valence-electron chi connectivity index (χ2n) is 8.98. The van der Waals surface area contributed by atoms with Crippen molar-refractivity contribution < 1.29 is 44.1 Å². The highest BCUT2D eigenvalue weighted by molar-refractivity contribution is 5.95. The van der Waals surface area contributed by atoms with E-state index in [4.69, 9.17) is 15.9 Å². The van der Waals surface area contributed by atoms with Crippen molar-refractivity contribution in [1.82, 2.24) is 16.0 Å². The summed E-state index contributed by atoms with van der Waals surface area (Å²) in [5.74, 6) is -6.77. The second-order valence-corrected chi connectivity index (χ2v) is 8.98. The topological polar surface area (TPSA) is 225 Å². The van der Waals surface area contributed by atoms with Gasteiger partial charge in [0.2, 0.25) is 17.7 Å². The lowest BCUT2D eigenvalue weighted by Gasteiger charge is -2.25. The van der Waals surface area contributed by atoms with E-state index >= 15 is 0 Å². The van der Waals surface area contributed by atoms with Crippen molar-refractivity contribution in [1.29, 1.82) is 0 Å². The molecule has 1 aromatic rings. The Morgan fingerprint density at radius 1 is 0.784 bits per heavy atom. The molecule has 3 amide bonds. The van der Waals surface area contributed by atoms with E-state index in [1.807, 2.05) is 19.2 Å². The molecule has 0 saturated heterocycles. The minimum Gasteiger partial charge on any atom is -0.481 e. The summed E-state index contributed by atoms with van der Waals surface area (Å²) in [7, 11) is 0. The molecule has 0 aliphatic carbocycles. The lowest BCUT2D eigenvalue weighted by Crippen LogP contribution is -2.57. The fraction of sp³-hybridized carbons (Fsp3) is 0.500. The number of hydrogen-bond donors (Lipinski definition) is 7. The average Bonchev–Trinajstić information content (AvgIpc) is 2.80. The number of hydrogen-bond acceptors (Lipinski definition) is 7. The Balaban J connectivity index is 3.14. The number of carboxylic acid groups (broad SMARTS) is 3. The molecule has 0 fully saturated rings. The molecule has 37 heavy (non-hydrogen) atoms. The van der Waals surface area contributed by atoms with Gasteiger partial charge in [-0.05, 0) is 24.3 Å². The normalized spacial score (nSPS) is 14.1. The highest BCUT2D eigenvalue weighted by atomic mass is 16.4. The Bertz CT molecular complexity index is 968. The molecule has 0 aliphatic heterocycles. The Labute approximate surface area is 213 Å². The molecule has 1 aromatic carbocycles. The number of carbonyl (C=O) groups excluding carboxylic acids is 3. The standard InChI is InChI=1S/C24H34N4O9/c1-13(2)10-15(25)21(33)27-17(11-14-6-4-3-5-7-14)23(35)26-16(8-9-19(29)30)22(34)28-18(24(36)37)12-20(31)32/h3-7,13,15-18H,8-12,25H2,1-2H3,(H,26,35)(H,27,33)(H,28,34)(H,29,30)(H,31,32)(H,36,37). The summed E-state index contributed by atoms with van der Waals surface area (Å²) in [6, 6.07) is 3.26. The number of nitrogens with one attached hydrogen (secondary N) is 3. The summed E-state index contributed by atoms with van der Waals surface area (Å²) in [4.78, 5) is 71.9. The van der Waals surface area contributed by atoms with Crippen molar-refractivity contribution in [2.45, 2.75) is 70.1 Å². The van der Waals surface area contributed by atoms with Crippen LogP contribution in [0.15, 0.2) is 30.3 Å². The van der Waals surface area contributed by atoms with E-state index in [9.17, 15) is 33.9 Å². The van der Waals surface area contributed by atoms with Gasteiger partial charge >= 0.3 is 17.9 Å². The molecule has 0 radical (unpaired) electrons. The largest absolute Gasteiger partial charge is 0.481 e. The predicted molar refractivity (Wildman–Crippen MR) is 130 cm³/mol. The van der Waals surface area contributed by atoms with Crippen LogP contribution in [0.5, 0.6) is 0 Å². The van der Waals surface area contributed by atoms with Crippen LogP contribution in [-0.2, 0) is 35.2 Å². The lowest BCUT2D eigenvalue weighted by atomic mass is 10.0. The third kappa shape index (κ3) is 12.0. The van der Waals surface area contributed by atoms with Crippen LogP contribution in [0, 0.1) is 5.92 Å². The zero-order chi connectivity index (χ0) is 28.1. The van der Waals surface area contributed by atoms with E-state index in [1.54, 1.807) is 30.3 Å². The summed E-state index contributed by atoms with van der Waals surface area (Å²) in [5, 5.41) is 34.1. The molecule has 0 heterocycles. The molecule has 4 unspecified atom stereocenters. The maximum atomic E-state index is 13.2. The van der Waals surface area contributed by atoms with Crippen molar-refractivity contribution in [2.75, 3.05) is 0 Å². The fourth-order valence-electron chi connectivity index (χ4n) is 3.41. The molecular formula is C24H34N4O9. The van der Waals surface area contributed by atoms with Crippen LogP contribution < -0.4 is 21.7 Å². The molecular weight excluding hydrogens is 488 g/mol. The number of nitrogens with two attached hydrogens (primary N) is 1. The van der Waals surface area contributed by atoms with Gasteiger partial charge < -0.3 is 37.0 Å². The Hall–Kier alpha value is -4.00. The number of amides is 3. The van der Waals surface area contributed by atoms with Gasteiger partial charge in [-0.3, -0.25) is 24.0 Å². The first-order chi connectivity index (χ1) is 17.3. The van der Waals surface area contributed by atoms with E-state index in [2.05, 4.69) is 10.6 Å². The van der Waals surface area contributed by atoms with Gasteiger partial charge in [0.1, 0.15) is 18.1 Å². The number of carbonyl (C=O) groups is 6. The summed E-state index contributed by atoms with van der Waals surface area (Å²) < 4.78 is 0. The van der Waals surface area contributed by atoms with Crippen molar-refractivity contribution in [3.8, 4) is 0 Å². The van der Waals surface area contributed by atoms with E-state index in [1.165, 1.54) is 0 Å². The van der Waals surface area contributed by atoms with Crippen LogP contribution in [0.2, 0.25) is 0 Å². The van der Waals surface area contributed by atoms with Gasteiger partial charge in [0.25, 0.3) is 0 Å². The maximum absolute atomic E-state index is 13.2. The quantitative estimate of drug-likeness (QED) is 0.147. The Morgan fingerprint density at radius 3 is 1.84 bits per heavy atom. The van der Waals surface area contributed by atoms with Crippen LogP contribution in [0.25, 0.3) is 0 Å². The zero-order valence-corrected chi connectivity index (χ0v) is 20.7. The van der Waals surface area contributed by atoms with Crippen LogP contribution in [-0.4, -0.2) is 75.1 Å². The molecule has 13 heteroatoms. The zero-order valence-electron chi connectivity index (χ0n) is 20.7. The number of carboxylic acids is 3. The van der Waals surface area contributed by atoms with Gasteiger partial charge in [-0.2, -0.15) is 0 Å². The average molecular weight is 523 g/mol. The van der Waals surface area contributed by atoms with Crippen molar-refractivity contribution in [2.24, 2.45) is 11.7 Å². The highest BCUT2D eigenvalue weighted by Gasteiger charge is 2.31. The van der Waals surface area contributed by atoms with E-state index < -0.39 is 79.1 Å². The summed E-state index contributed by atoms with van der Waals surface area (Å²) >= 11 is 0. The summed E-state index contributed by atoms with van der Waals surface area (Å²) in [6.45, 7) is 3.75. The van der Waals surface area contributed by atoms with Gasteiger partial charge in [-0.15, -0.1) is 0 Å². The van der Waals surface area contributed by atoms with Crippen LogP contribution in [0.3, 0.4) is 0 Å². The van der Waals surface area contributed by atoms with Crippen LogP contribution in [0.4, 0.5) is 0 Å². The fourth-order valence-corrected chi connectivity index (χ4v) is 3.41. The number of rotatable bonds is 16. The third-order valence-electron chi connectivity index (χ3n) is 5.25. The Kier molecular flexibility index (Phi) is 12.7. The first-order valence-electron chi connectivity index (χ1n) is 11.7. The maximum Gasteiger partial charge on any atom is 0.326 e. The lowest BCUT2D eigenvalue weighted by molar-refractivity contribution is -0.147. The molecule has 0 saturated carbocycles. The number of benzene rings is 1. The molecule has 8 N–H and O–H groups in total. The van der Waals surface area contributed by atoms with Gasteiger partial charge in [0, 0.05) is 12.8 Å². The molecule has 0 bridgehead atoms. The minimum absolute atomic E-state index is 0.0246. The summed E-state index contributed by atoms with van der Waals surface area (Å²) in [5.41, 5.74) is 6.62. The van der Waals surface area contributed by atoms with Crippen LogP contribution in [0.1, 0.15) is 45.1 Å². The molecule has 0 spiro atoms. The smallest absolute Gasteiger partial charge is 0.326 e. The SMILES string of the molecule is CC(C)CC(N)C(=O)NC(Cc1ccccc1)C(=O)NC(CCC(=O)O)C(=O)NC(CC(=O)O)C(=O)O. The molecule has 0 aromatic heterocycles. The van der Waals surface area contributed by atoms with Gasteiger partial charge in [0.05, 0.1) is 12.5 Å². The van der Waals surface area contributed by atoms with E-state index in [0.29, 0.717) is 12.0 Å². The number of aliphatic carboxylic acids is 3. The molecule has 4 atom stereocenters. The first kappa shape index (κ1) is 31.0. The van der Waals surface area contributed by atoms with Crippen molar-refractivity contribution in [3.05, 3.63) is 35.9 Å². The summed E-state index contributed by atoms with van der Waals surface area (Å²) in [6.07, 6.45) is -1.51. The molecule has 1 rings (SSSR count). The van der Waals surface area contributed by atoms with Crippen molar-refractivity contribution in [3.63, 3.8) is 0 Å². The minimum atomic E-state index is -1.80. The van der Waals surface area contributed by atoms with Crippen molar-refractivity contribution >= 4 is 35.6 Å². The molecule has 204 valence electrons. The predicted octanol–water partition coefficient (Wildman–Crippen LogP) is -0.519. The van der Waals surface area contributed by atoms with Gasteiger partial charge in [-0.25, -0.2) is 4.79 Å². The first-order valence-corrected chi connectivity index (χ1v) is 11.7. The van der Waals surface area contributed by atoms with E-state index in [0.717, 1.165) is 0 Å². The van der Waals surface area contributed by atoms with Crippen LogP contribution >= 0.6 is 0 Å². The monoisotopic (exact) mass is 522 g/mol. The molecule has 13 nitrogen and oxygen atoms in total. The third-order valence-corrected chi connectivity index (χ3v) is 5.25. The Morgan fingerprint density at radius 2 is 1.32 bits per heavy atom. The van der Waals surface area contributed by atoms with Gasteiger partial charge in [0.15, 0.2) is 0 Å².